The van der Waals surface area contributed by atoms with Crippen molar-refractivity contribution < 1.29 is 19.2 Å². The van der Waals surface area contributed by atoms with Gasteiger partial charge in [0, 0.05) is 24.2 Å². The number of benzene rings is 1. The van der Waals surface area contributed by atoms with Crippen molar-refractivity contribution in [2.75, 3.05) is 5.32 Å². The van der Waals surface area contributed by atoms with Crippen LogP contribution in [0.5, 0.6) is 0 Å². The Labute approximate surface area is 112 Å². The van der Waals surface area contributed by atoms with E-state index in [1.807, 2.05) is 0 Å². The first-order valence-corrected chi connectivity index (χ1v) is 5.60. The van der Waals surface area contributed by atoms with Crippen molar-refractivity contribution in [1.82, 2.24) is 10.2 Å². The third-order valence-corrected chi connectivity index (χ3v) is 2.35. The Hall–Kier alpha value is -2.97. The fourth-order valence-corrected chi connectivity index (χ4v) is 1.41. The number of hydrogen-bond acceptors (Lipinski definition) is 7. The van der Waals surface area contributed by atoms with Gasteiger partial charge in [-0.2, -0.15) is 0 Å². The SMILES string of the molecule is O=C(O)CCc1nnc(Nc2ccc([N+](=O)[O-])cc2)o1. The van der Waals surface area contributed by atoms with Crippen LogP contribution in [0.3, 0.4) is 0 Å². The average Bonchev–Trinajstić information content (AvgIpc) is 2.84. The molecule has 104 valence electrons. The van der Waals surface area contributed by atoms with Crippen LogP contribution in [-0.2, 0) is 11.2 Å². The Morgan fingerprint density at radius 3 is 2.65 bits per heavy atom. The highest BCUT2D eigenvalue weighted by Crippen LogP contribution is 2.19. The minimum absolute atomic E-state index is 0.0248. The Balaban J connectivity index is 1.99. The summed E-state index contributed by atoms with van der Waals surface area (Å²) in [4.78, 5) is 20.4. The maximum Gasteiger partial charge on any atom is 0.320 e. The van der Waals surface area contributed by atoms with Crippen LogP contribution in [0.1, 0.15) is 12.3 Å². The van der Waals surface area contributed by atoms with Gasteiger partial charge in [0.1, 0.15) is 0 Å². The first-order chi connectivity index (χ1) is 9.54. The number of nitrogens with one attached hydrogen (secondary N) is 1. The molecule has 0 aliphatic heterocycles. The van der Waals surface area contributed by atoms with E-state index < -0.39 is 10.9 Å². The molecule has 20 heavy (non-hydrogen) atoms. The van der Waals surface area contributed by atoms with Gasteiger partial charge in [-0.1, -0.05) is 5.10 Å². The van der Waals surface area contributed by atoms with Crippen molar-refractivity contribution in [3.05, 3.63) is 40.3 Å². The van der Waals surface area contributed by atoms with Gasteiger partial charge in [-0.25, -0.2) is 0 Å². The molecule has 0 saturated carbocycles. The number of hydrogen-bond donors (Lipinski definition) is 2. The zero-order valence-corrected chi connectivity index (χ0v) is 10.1. The van der Waals surface area contributed by atoms with Crippen molar-refractivity contribution in [3.63, 3.8) is 0 Å². The molecule has 9 nitrogen and oxygen atoms in total. The third kappa shape index (κ3) is 3.51. The monoisotopic (exact) mass is 278 g/mol. The number of nitro groups is 1. The minimum atomic E-state index is -0.951. The van der Waals surface area contributed by atoms with Crippen molar-refractivity contribution in [2.45, 2.75) is 12.8 Å². The summed E-state index contributed by atoms with van der Waals surface area (Å²) in [7, 11) is 0. The molecule has 0 aliphatic carbocycles. The molecule has 1 aromatic heterocycles. The fourth-order valence-electron chi connectivity index (χ4n) is 1.41. The highest BCUT2D eigenvalue weighted by Gasteiger charge is 2.09. The molecule has 1 heterocycles. The number of carboxylic acid groups (broad SMARTS) is 1. The van der Waals surface area contributed by atoms with Gasteiger partial charge in [-0.3, -0.25) is 14.9 Å². The smallest absolute Gasteiger partial charge is 0.320 e. The zero-order chi connectivity index (χ0) is 14.5. The standard InChI is InChI=1S/C11H10N4O5/c16-10(17)6-5-9-13-14-11(20-9)12-7-1-3-8(4-2-7)15(18)19/h1-4H,5-6H2,(H,12,14)(H,16,17). The lowest BCUT2D eigenvalue weighted by molar-refractivity contribution is -0.384. The second-order valence-electron chi connectivity index (χ2n) is 3.82. The Morgan fingerprint density at radius 1 is 1.35 bits per heavy atom. The van der Waals surface area contributed by atoms with Crippen LogP contribution in [0.25, 0.3) is 0 Å². The van der Waals surface area contributed by atoms with Crippen LogP contribution in [0.2, 0.25) is 0 Å². The number of non-ortho nitro benzene ring substituents is 1. The predicted octanol–water partition coefficient (Wildman–Crippen LogP) is 1.74. The molecule has 0 spiro atoms. The van der Waals surface area contributed by atoms with E-state index in [1.54, 1.807) is 0 Å². The van der Waals surface area contributed by atoms with Gasteiger partial charge in [0.2, 0.25) is 5.89 Å². The number of anilines is 2. The maximum atomic E-state index is 10.5. The summed E-state index contributed by atoms with van der Waals surface area (Å²) in [6.45, 7) is 0. The number of nitro benzene ring substituents is 1. The van der Waals surface area contributed by atoms with E-state index in [2.05, 4.69) is 15.5 Å². The largest absolute Gasteiger partial charge is 0.481 e. The van der Waals surface area contributed by atoms with E-state index in [9.17, 15) is 14.9 Å². The molecule has 0 atom stereocenters. The molecule has 0 bridgehead atoms. The van der Waals surface area contributed by atoms with Crippen LogP contribution < -0.4 is 5.32 Å². The normalized spacial score (nSPS) is 10.2. The van der Waals surface area contributed by atoms with Crippen molar-refractivity contribution in [3.8, 4) is 0 Å². The van der Waals surface area contributed by atoms with Crippen LogP contribution in [0, 0.1) is 10.1 Å². The highest BCUT2D eigenvalue weighted by atomic mass is 16.6. The summed E-state index contributed by atoms with van der Waals surface area (Å²) < 4.78 is 5.19. The fraction of sp³-hybridized carbons (Fsp3) is 0.182. The number of carbonyl (C=O) groups is 1. The number of aliphatic carboxylic acids is 1. The van der Waals surface area contributed by atoms with Gasteiger partial charge in [0.15, 0.2) is 0 Å². The maximum absolute atomic E-state index is 10.5. The molecular weight excluding hydrogens is 268 g/mol. The summed E-state index contributed by atoms with van der Waals surface area (Å²) in [5, 5.41) is 29.2. The molecule has 2 N–H and O–H groups in total. The molecule has 2 rings (SSSR count). The molecule has 0 radical (unpaired) electrons. The van der Waals surface area contributed by atoms with Crippen LogP contribution >= 0.6 is 0 Å². The van der Waals surface area contributed by atoms with Crippen LogP contribution in [0.4, 0.5) is 17.4 Å². The van der Waals surface area contributed by atoms with E-state index in [1.165, 1.54) is 24.3 Å². The van der Waals surface area contributed by atoms with Gasteiger partial charge in [0.25, 0.3) is 5.69 Å². The van der Waals surface area contributed by atoms with Crippen LogP contribution in [-0.4, -0.2) is 26.2 Å². The number of nitrogens with zero attached hydrogens (tertiary/aromatic N) is 3. The predicted molar refractivity (Wildman–Crippen MR) is 66.6 cm³/mol. The van der Waals surface area contributed by atoms with Gasteiger partial charge >= 0.3 is 12.0 Å². The topological polar surface area (TPSA) is 131 Å². The molecule has 0 fully saturated rings. The average molecular weight is 278 g/mol. The Bertz CT molecular complexity index is 622. The second-order valence-corrected chi connectivity index (χ2v) is 3.82. The molecule has 0 amide bonds. The highest BCUT2D eigenvalue weighted by molar-refractivity contribution is 5.66. The third-order valence-electron chi connectivity index (χ3n) is 2.35. The molecule has 1 aromatic carbocycles. The quantitative estimate of drug-likeness (QED) is 0.603. The first-order valence-electron chi connectivity index (χ1n) is 5.60. The lowest BCUT2D eigenvalue weighted by Gasteiger charge is -1.99. The summed E-state index contributed by atoms with van der Waals surface area (Å²) in [6.07, 6.45) is 0.0451. The van der Waals surface area contributed by atoms with Gasteiger partial charge in [0.05, 0.1) is 11.3 Å². The number of carboxylic acids is 1. The zero-order valence-electron chi connectivity index (χ0n) is 10.1. The summed E-state index contributed by atoms with van der Waals surface area (Å²) in [5.74, 6) is -0.745. The molecule has 0 aliphatic rings. The number of aryl methyl sites for hydroxylation is 1. The van der Waals surface area contributed by atoms with Crippen molar-refractivity contribution in [1.29, 1.82) is 0 Å². The Kier molecular flexibility index (Phi) is 3.89. The van der Waals surface area contributed by atoms with Crippen LogP contribution in [0.15, 0.2) is 28.7 Å². The van der Waals surface area contributed by atoms with E-state index in [-0.39, 0.29) is 30.4 Å². The molecule has 0 unspecified atom stereocenters. The first kappa shape index (κ1) is 13.5. The lowest BCUT2D eigenvalue weighted by atomic mass is 10.3. The molecule has 9 heteroatoms. The summed E-state index contributed by atoms with van der Waals surface area (Å²) in [5.41, 5.74) is 0.521. The van der Waals surface area contributed by atoms with Crippen molar-refractivity contribution >= 4 is 23.4 Å². The summed E-state index contributed by atoms with van der Waals surface area (Å²) in [6, 6.07) is 5.77. The van der Waals surface area contributed by atoms with E-state index in [0.717, 1.165) is 0 Å². The van der Waals surface area contributed by atoms with E-state index in [0.29, 0.717) is 5.69 Å². The number of aromatic nitrogens is 2. The van der Waals surface area contributed by atoms with Gasteiger partial charge in [-0.05, 0) is 12.1 Å². The molecule has 0 saturated heterocycles. The minimum Gasteiger partial charge on any atom is -0.481 e. The van der Waals surface area contributed by atoms with E-state index >= 15 is 0 Å². The summed E-state index contributed by atoms with van der Waals surface area (Å²) >= 11 is 0. The molecule has 2 aromatic rings. The van der Waals surface area contributed by atoms with Gasteiger partial charge in [-0.15, -0.1) is 5.10 Å². The van der Waals surface area contributed by atoms with E-state index in [4.69, 9.17) is 9.52 Å². The number of rotatable bonds is 6. The van der Waals surface area contributed by atoms with Gasteiger partial charge < -0.3 is 14.8 Å². The lowest BCUT2D eigenvalue weighted by Crippen LogP contribution is -1.97. The molecular formula is C11H10N4O5. The second kappa shape index (κ2) is 5.78. The van der Waals surface area contributed by atoms with Crippen molar-refractivity contribution in [2.24, 2.45) is 0 Å². The Morgan fingerprint density at radius 2 is 2.05 bits per heavy atom.